The van der Waals surface area contributed by atoms with Crippen molar-refractivity contribution < 1.29 is 0 Å². The fraction of sp³-hybridized carbons (Fsp3) is 0.818. The fourth-order valence-corrected chi connectivity index (χ4v) is 2.88. The SMILES string of the molecule is CC12CCCC=C1CC(Cl)CC2. The van der Waals surface area contributed by atoms with Crippen molar-refractivity contribution in [3.63, 3.8) is 0 Å². The van der Waals surface area contributed by atoms with Crippen molar-refractivity contribution >= 4 is 11.6 Å². The molecular weight excluding hydrogens is 168 g/mol. The Morgan fingerprint density at radius 2 is 2.33 bits per heavy atom. The van der Waals surface area contributed by atoms with Crippen LogP contribution in [0.3, 0.4) is 0 Å². The third-order valence-corrected chi connectivity index (χ3v) is 3.92. The van der Waals surface area contributed by atoms with Crippen LogP contribution in [0, 0.1) is 5.41 Å². The van der Waals surface area contributed by atoms with Crippen LogP contribution in [0.5, 0.6) is 0 Å². The predicted molar refractivity (Wildman–Crippen MR) is 53.5 cm³/mol. The van der Waals surface area contributed by atoms with Gasteiger partial charge in [-0.3, -0.25) is 0 Å². The minimum absolute atomic E-state index is 0.419. The molecule has 0 aromatic rings. The second-order valence-corrected chi connectivity index (χ2v) is 5.14. The van der Waals surface area contributed by atoms with E-state index in [4.69, 9.17) is 11.6 Å². The molecule has 0 amide bonds. The Labute approximate surface area is 80.0 Å². The molecule has 12 heavy (non-hydrogen) atoms. The Bertz CT molecular complexity index is 207. The van der Waals surface area contributed by atoms with Gasteiger partial charge in [0, 0.05) is 5.38 Å². The number of allylic oxidation sites excluding steroid dienone is 2. The van der Waals surface area contributed by atoms with Gasteiger partial charge < -0.3 is 0 Å². The van der Waals surface area contributed by atoms with Crippen LogP contribution in [0.1, 0.15) is 45.4 Å². The predicted octanol–water partition coefficient (Wildman–Crippen LogP) is 3.89. The second kappa shape index (κ2) is 3.06. The van der Waals surface area contributed by atoms with Gasteiger partial charge in [0.1, 0.15) is 0 Å². The van der Waals surface area contributed by atoms with E-state index in [1.54, 1.807) is 5.57 Å². The van der Waals surface area contributed by atoms with Gasteiger partial charge in [-0.25, -0.2) is 0 Å². The van der Waals surface area contributed by atoms with Crippen LogP contribution in [0.2, 0.25) is 0 Å². The average molecular weight is 185 g/mol. The molecular formula is C11H17Cl. The van der Waals surface area contributed by atoms with Gasteiger partial charge in [0.15, 0.2) is 0 Å². The molecule has 1 fully saturated rings. The quantitative estimate of drug-likeness (QED) is 0.396. The molecule has 0 nitrogen and oxygen atoms in total. The fourth-order valence-electron chi connectivity index (χ4n) is 2.61. The number of hydrogen-bond acceptors (Lipinski definition) is 0. The lowest BCUT2D eigenvalue weighted by Gasteiger charge is -2.41. The summed E-state index contributed by atoms with van der Waals surface area (Å²) in [6.07, 6.45) is 10.2. The van der Waals surface area contributed by atoms with Gasteiger partial charge in [0.25, 0.3) is 0 Å². The summed E-state index contributed by atoms with van der Waals surface area (Å²) in [6.45, 7) is 2.42. The van der Waals surface area contributed by atoms with E-state index >= 15 is 0 Å². The first-order chi connectivity index (χ1) is 5.71. The zero-order valence-corrected chi connectivity index (χ0v) is 8.53. The summed E-state index contributed by atoms with van der Waals surface area (Å²) in [6, 6.07) is 0. The highest BCUT2D eigenvalue weighted by Crippen LogP contribution is 2.47. The van der Waals surface area contributed by atoms with Gasteiger partial charge in [-0.1, -0.05) is 18.6 Å². The van der Waals surface area contributed by atoms with Crippen molar-refractivity contribution in [2.75, 3.05) is 0 Å². The largest absolute Gasteiger partial charge is 0.123 e. The van der Waals surface area contributed by atoms with Crippen LogP contribution in [0.15, 0.2) is 11.6 Å². The lowest BCUT2D eigenvalue weighted by molar-refractivity contribution is 0.264. The summed E-state index contributed by atoms with van der Waals surface area (Å²) in [4.78, 5) is 0. The molecule has 2 aliphatic rings. The Balaban J connectivity index is 2.19. The van der Waals surface area contributed by atoms with E-state index in [0.717, 1.165) is 6.42 Å². The Morgan fingerprint density at radius 3 is 3.17 bits per heavy atom. The summed E-state index contributed by atoms with van der Waals surface area (Å²) in [5.41, 5.74) is 2.18. The number of fused-ring (bicyclic) bond motifs is 1. The third kappa shape index (κ3) is 1.42. The van der Waals surface area contributed by atoms with E-state index in [1.165, 1.54) is 32.1 Å². The first kappa shape index (κ1) is 8.62. The Morgan fingerprint density at radius 1 is 1.50 bits per heavy atom. The third-order valence-electron chi connectivity index (χ3n) is 3.55. The monoisotopic (exact) mass is 184 g/mol. The molecule has 0 aromatic carbocycles. The van der Waals surface area contributed by atoms with Crippen LogP contribution >= 0.6 is 11.6 Å². The standard InChI is InChI=1S/C11H17Cl/c1-11-6-3-2-4-9(11)8-10(12)5-7-11/h4,10H,2-3,5-8H2,1H3. The lowest BCUT2D eigenvalue weighted by atomic mass is 9.66. The summed E-state index contributed by atoms with van der Waals surface area (Å²) in [7, 11) is 0. The number of halogens is 1. The maximum absolute atomic E-state index is 6.16. The average Bonchev–Trinajstić information content (AvgIpc) is 2.06. The molecule has 0 bridgehead atoms. The highest BCUT2D eigenvalue weighted by Gasteiger charge is 2.35. The Hall–Kier alpha value is 0.0300. The van der Waals surface area contributed by atoms with Crippen LogP contribution < -0.4 is 0 Å². The summed E-state index contributed by atoms with van der Waals surface area (Å²) >= 11 is 6.16. The maximum Gasteiger partial charge on any atom is 0.0373 e. The van der Waals surface area contributed by atoms with Crippen molar-refractivity contribution in [1.29, 1.82) is 0 Å². The van der Waals surface area contributed by atoms with E-state index in [0.29, 0.717) is 10.8 Å². The molecule has 2 atom stereocenters. The number of alkyl halides is 1. The topological polar surface area (TPSA) is 0 Å². The number of rotatable bonds is 0. The van der Waals surface area contributed by atoms with E-state index in [1.807, 2.05) is 0 Å². The second-order valence-electron chi connectivity index (χ2n) is 4.52. The number of hydrogen-bond donors (Lipinski definition) is 0. The Kier molecular flexibility index (Phi) is 2.20. The van der Waals surface area contributed by atoms with Crippen LogP contribution in [0.25, 0.3) is 0 Å². The van der Waals surface area contributed by atoms with Gasteiger partial charge in [-0.05, 0) is 43.9 Å². The van der Waals surface area contributed by atoms with Crippen LogP contribution in [-0.4, -0.2) is 5.38 Å². The summed E-state index contributed by atoms with van der Waals surface area (Å²) in [5, 5.41) is 0.419. The smallest absolute Gasteiger partial charge is 0.0373 e. The molecule has 2 aliphatic carbocycles. The van der Waals surface area contributed by atoms with Crippen molar-refractivity contribution in [3.8, 4) is 0 Å². The lowest BCUT2D eigenvalue weighted by Crippen LogP contribution is -2.29. The molecule has 0 heterocycles. The van der Waals surface area contributed by atoms with Gasteiger partial charge in [-0.15, -0.1) is 11.6 Å². The van der Waals surface area contributed by atoms with Gasteiger partial charge in [0.05, 0.1) is 0 Å². The highest BCUT2D eigenvalue weighted by molar-refractivity contribution is 6.20. The molecule has 0 spiro atoms. The minimum Gasteiger partial charge on any atom is -0.123 e. The molecule has 68 valence electrons. The first-order valence-corrected chi connectivity index (χ1v) is 5.48. The summed E-state index contributed by atoms with van der Waals surface area (Å²) in [5.74, 6) is 0. The van der Waals surface area contributed by atoms with Crippen LogP contribution in [-0.2, 0) is 0 Å². The first-order valence-electron chi connectivity index (χ1n) is 5.04. The normalized spacial score (nSPS) is 41.8. The van der Waals surface area contributed by atoms with Crippen LogP contribution in [0.4, 0.5) is 0 Å². The zero-order valence-electron chi connectivity index (χ0n) is 7.78. The molecule has 0 aromatic heterocycles. The van der Waals surface area contributed by atoms with Crippen molar-refractivity contribution in [3.05, 3.63) is 11.6 Å². The van der Waals surface area contributed by atoms with E-state index < -0.39 is 0 Å². The molecule has 2 rings (SSSR count). The van der Waals surface area contributed by atoms with Crippen molar-refractivity contribution in [2.24, 2.45) is 5.41 Å². The molecule has 2 unspecified atom stereocenters. The van der Waals surface area contributed by atoms with Gasteiger partial charge >= 0.3 is 0 Å². The molecule has 0 saturated heterocycles. The van der Waals surface area contributed by atoms with E-state index in [-0.39, 0.29) is 0 Å². The zero-order chi connectivity index (χ0) is 8.60. The molecule has 1 saturated carbocycles. The molecule has 0 N–H and O–H groups in total. The molecule has 0 aliphatic heterocycles. The van der Waals surface area contributed by atoms with E-state index in [9.17, 15) is 0 Å². The summed E-state index contributed by atoms with van der Waals surface area (Å²) < 4.78 is 0. The van der Waals surface area contributed by atoms with E-state index in [2.05, 4.69) is 13.0 Å². The highest BCUT2D eigenvalue weighted by atomic mass is 35.5. The van der Waals surface area contributed by atoms with Crippen molar-refractivity contribution in [1.82, 2.24) is 0 Å². The van der Waals surface area contributed by atoms with Gasteiger partial charge in [-0.2, -0.15) is 0 Å². The molecule has 0 radical (unpaired) electrons. The molecule has 1 heteroatoms. The maximum atomic E-state index is 6.16. The van der Waals surface area contributed by atoms with Gasteiger partial charge in [0.2, 0.25) is 0 Å². The van der Waals surface area contributed by atoms with Crippen molar-refractivity contribution in [2.45, 2.75) is 50.8 Å². The minimum atomic E-state index is 0.419.